The van der Waals surface area contributed by atoms with E-state index < -0.39 is 0 Å². The Morgan fingerprint density at radius 2 is 1.79 bits per heavy atom. The summed E-state index contributed by atoms with van der Waals surface area (Å²) in [5.41, 5.74) is 14.7. The van der Waals surface area contributed by atoms with Gasteiger partial charge in [0.1, 0.15) is 5.75 Å². The Kier molecular flexibility index (Phi) is 3.49. The predicted octanol–water partition coefficient (Wildman–Crippen LogP) is 1.27. The lowest BCUT2D eigenvalue weighted by Gasteiger charge is -2.14. The minimum Gasteiger partial charge on any atom is -0.496 e. The van der Waals surface area contributed by atoms with Crippen molar-refractivity contribution in [3.8, 4) is 5.75 Å². The fourth-order valence-electron chi connectivity index (χ4n) is 1.66. The van der Waals surface area contributed by atoms with Gasteiger partial charge < -0.3 is 16.2 Å². The van der Waals surface area contributed by atoms with Crippen molar-refractivity contribution < 1.29 is 4.74 Å². The molecule has 0 spiro atoms. The maximum absolute atomic E-state index is 5.86. The molecule has 0 fully saturated rings. The third-order valence-electron chi connectivity index (χ3n) is 2.37. The summed E-state index contributed by atoms with van der Waals surface area (Å²) in [4.78, 5) is 0. The SMILES string of the molecule is COc1c(C)cc(C(N)CN)cc1C. The van der Waals surface area contributed by atoms with Crippen molar-refractivity contribution in [3.05, 3.63) is 28.8 Å². The highest BCUT2D eigenvalue weighted by atomic mass is 16.5. The van der Waals surface area contributed by atoms with Crippen LogP contribution in [0.3, 0.4) is 0 Å². The Balaban J connectivity index is 3.13. The largest absolute Gasteiger partial charge is 0.496 e. The number of rotatable bonds is 3. The molecular formula is C11H18N2O. The molecule has 3 nitrogen and oxygen atoms in total. The summed E-state index contributed by atoms with van der Waals surface area (Å²) in [6.07, 6.45) is 0. The van der Waals surface area contributed by atoms with E-state index >= 15 is 0 Å². The molecule has 4 N–H and O–H groups in total. The van der Waals surface area contributed by atoms with E-state index in [-0.39, 0.29) is 6.04 Å². The summed E-state index contributed by atoms with van der Waals surface area (Å²) in [5.74, 6) is 0.929. The zero-order valence-electron chi connectivity index (χ0n) is 9.00. The van der Waals surface area contributed by atoms with Crippen molar-refractivity contribution in [2.24, 2.45) is 11.5 Å². The number of nitrogens with two attached hydrogens (primary N) is 2. The van der Waals surface area contributed by atoms with Gasteiger partial charge in [-0.15, -0.1) is 0 Å². The maximum Gasteiger partial charge on any atom is 0.124 e. The van der Waals surface area contributed by atoms with E-state index in [1.807, 2.05) is 26.0 Å². The Morgan fingerprint density at radius 1 is 1.29 bits per heavy atom. The quantitative estimate of drug-likeness (QED) is 0.761. The first-order chi connectivity index (χ1) is 6.60. The van der Waals surface area contributed by atoms with Crippen molar-refractivity contribution in [2.75, 3.05) is 13.7 Å². The molecule has 78 valence electrons. The normalized spacial score (nSPS) is 12.6. The molecule has 0 heterocycles. The fraction of sp³-hybridized carbons (Fsp3) is 0.455. The molecule has 3 heteroatoms. The van der Waals surface area contributed by atoms with E-state index in [4.69, 9.17) is 16.2 Å². The first kappa shape index (κ1) is 11.0. The average molecular weight is 194 g/mol. The van der Waals surface area contributed by atoms with E-state index in [1.54, 1.807) is 7.11 Å². The molecule has 0 aliphatic heterocycles. The summed E-state index contributed by atoms with van der Waals surface area (Å²) >= 11 is 0. The number of aryl methyl sites for hydroxylation is 2. The van der Waals surface area contributed by atoms with E-state index in [0.717, 1.165) is 22.4 Å². The smallest absolute Gasteiger partial charge is 0.124 e. The topological polar surface area (TPSA) is 61.3 Å². The number of ether oxygens (including phenoxy) is 1. The number of benzene rings is 1. The molecule has 1 rings (SSSR count). The summed E-state index contributed by atoms with van der Waals surface area (Å²) in [5, 5.41) is 0. The Morgan fingerprint density at radius 3 is 2.14 bits per heavy atom. The Bertz CT molecular complexity index is 300. The molecule has 1 aromatic carbocycles. The van der Waals surface area contributed by atoms with Crippen LogP contribution in [0, 0.1) is 13.8 Å². The lowest BCUT2D eigenvalue weighted by Crippen LogP contribution is -2.21. The molecule has 0 aliphatic rings. The summed E-state index contributed by atoms with van der Waals surface area (Å²) in [6.45, 7) is 4.49. The Hall–Kier alpha value is -1.06. The molecule has 0 saturated heterocycles. The summed E-state index contributed by atoms with van der Waals surface area (Å²) in [7, 11) is 1.68. The minimum atomic E-state index is -0.0849. The minimum absolute atomic E-state index is 0.0849. The average Bonchev–Trinajstić information content (AvgIpc) is 2.16. The third-order valence-corrected chi connectivity index (χ3v) is 2.37. The highest BCUT2D eigenvalue weighted by Gasteiger charge is 2.09. The molecule has 0 saturated carbocycles. The number of hydrogen-bond donors (Lipinski definition) is 2. The monoisotopic (exact) mass is 194 g/mol. The van der Waals surface area contributed by atoms with Gasteiger partial charge >= 0.3 is 0 Å². The van der Waals surface area contributed by atoms with Crippen LogP contribution in [-0.4, -0.2) is 13.7 Å². The van der Waals surface area contributed by atoms with E-state index in [1.165, 1.54) is 0 Å². The molecule has 0 amide bonds. The second-order valence-electron chi connectivity index (χ2n) is 3.53. The van der Waals surface area contributed by atoms with Gasteiger partial charge in [0.15, 0.2) is 0 Å². The van der Waals surface area contributed by atoms with E-state index in [2.05, 4.69) is 0 Å². The van der Waals surface area contributed by atoms with Gasteiger partial charge in [0.05, 0.1) is 7.11 Å². The van der Waals surface area contributed by atoms with Crippen molar-refractivity contribution in [1.29, 1.82) is 0 Å². The van der Waals surface area contributed by atoms with Crippen LogP contribution in [0.2, 0.25) is 0 Å². The van der Waals surface area contributed by atoms with Gasteiger partial charge in [-0.05, 0) is 30.5 Å². The highest BCUT2D eigenvalue weighted by Crippen LogP contribution is 2.26. The van der Waals surface area contributed by atoms with Crippen LogP contribution in [0.5, 0.6) is 5.75 Å². The zero-order valence-corrected chi connectivity index (χ0v) is 9.00. The highest BCUT2D eigenvalue weighted by molar-refractivity contribution is 5.44. The second-order valence-corrected chi connectivity index (χ2v) is 3.53. The van der Waals surface area contributed by atoms with Crippen LogP contribution in [-0.2, 0) is 0 Å². The zero-order chi connectivity index (χ0) is 10.7. The molecular weight excluding hydrogens is 176 g/mol. The van der Waals surface area contributed by atoms with Gasteiger partial charge in [0.25, 0.3) is 0 Å². The van der Waals surface area contributed by atoms with Crippen LogP contribution in [0.4, 0.5) is 0 Å². The lowest BCUT2D eigenvalue weighted by atomic mass is 10.0. The molecule has 1 aromatic rings. The lowest BCUT2D eigenvalue weighted by molar-refractivity contribution is 0.408. The molecule has 1 atom stereocenters. The van der Waals surface area contributed by atoms with Crippen LogP contribution in [0.15, 0.2) is 12.1 Å². The first-order valence-corrected chi connectivity index (χ1v) is 4.71. The third kappa shape index (κ3) is 2.05. The van der Waals surface area contributed by atoms with Gasteiger partial charge in [-0.3, -0.25) is 0 Å². The van der Waals surface area contributed by atoms with Gasteiger partial charge in [0.2, 0.25) is 0 Å². The van der Waals surface area contributed by atoms with Gasteiger partial charge in [0, 0.05) is 12.6 Å². The fourth-order valence-corrected chi connectivity index (χ4v) is 1.66. The van der Waals surface area contributed by atoms with Crippen molar-refractivity contribution >= 4 is 0 Å². The molecule has 0 aliphatic carbocycles. The summed E-state index contributed by atoms with van der Waals surface area (Å²) < 4.78 is 5.27. The van der Waals surface area contributed by atoms with Gasteiger partial charge in [-0.2, -0.15) is 0 Å². The number of methoxy groups -OCH3 is 1. The van der Waals surface area contributed by atoms with Gasteiger partial charge in [-0.1, -0.05) is 12.1 Å². The van der Waals surface area contributed by atoms with Crippen LogP contribution in [0.25, 0.3) is 0 Å². The summed E-state index contributed by atoms with van der Waals surface area (Å²) in [6, 6.07) is 3.98. The number of hydrogen-bond acceptors (Lipinski definition) is 3. The van der Waals surface area contributed by atoms with Crippen molar-refractivity contribution in [3.63, 3.8) is 0 Å². The van der Waals surface area contributed by atoms with E-state index in [9.17, 15) is 0 Å². The molecule has 14 heavy (non-hydrogen) atoms. The first-order valence-electron chi connectivity index (χ1n) is 4.71. The van der Waals surface area contributed by atoms with Crippen molar-refractivity contribution in [1.82, 2.24) is 0 Å². The molecule has 0 radical (unpaired) electrons. The maximum atomic E-state index is 5.86. The standard InChI is InChI=1S/C11H18N2O/c1-7-4-9(10(13)6-12)5-8(2)11(7)14-3/h4-5,10H,6,12-13H2,1-3H3. The Labute approximate surface area is 85.0 Å². The van der Waals surface area contributed by atoms with Crippen LogP contribution in [0.1, 0.15) is 22.7 Å². The van der Waals surface area contributed by atoms with E-state index in [0.29, 0.717) is 6.54 Å². The van der Waals surface area contributed by atoms with Crippen molar-refractivity contribution in [2.45, 2.75) is 19.9 Å². The van der Waals surface area contributed by atoms with Crippen LogP contribution < -0.4 is 16.2 Å². The van der Waals surface area contributed by atoms with Gasteiger partial charge in [-0.25, -0.2) is 0 Å². The predicted molar refractivity (Wildman–Crippen MR) is 58.5 cm³/mol. The molecule has 0 bridgehead atoms. The second kappa shape index (κ2) is 4.44. The van der Waals surface area contributed by atoms with Crippen LogP contribution >= 0.6 is 0 Å². The molecule has 0 aromatic heterocycles. The molecule has 1 unspecified atom stereocenters.